The Bertz CT molecular complexity index is 749. The first-order valence-corrected chi connectivity index (χ1v) is 8.39. The second-order valence-electron chi connectivity index (χ2n) is 5.30. The number of hydrogen-bond acceptors (Lipinski definition) is 3. The zero-order chi connectivity index (χ0) is 15.4. The van der Waals surface area contributed by atoms with Crippen molar-refractivity contribution in [2.24, 2.45) is 0 Å². The normalized spacial score (nSPS) is 11.2. The molecule has 0 bridgehead atoms. The van der Waals surface area contributed by atoms with Crippen LogP contribution < -0.4 is 0 Å². The van der Waals surface area contributed by atoms with Crippen molar-refractivity contribution in [3.05, 3.63) is 59.7 Å². The van der Waals surface area contributed by atoms with E-state index < -0.39 is 0 Å². The Morgan fingerprint density at radius 3 is 2.64 bits per heavy atom. The van der Waals surface area contributed by atoms with Gasteiger partial charge in [-0.3, -0.25) is 0 Å². The third-order valence-electron chi connectivity index (χ3n) is 3.63. The third-order valence-corrected chi connectivity index (χ3v) is 4.67. The highest BCUT2D eigenvalue weighted by molar-refractivity contribution is 7.98. The Balaban J connectivity index is 1.83. The lowest BCUT2D eigenvalue weighted by Crippen LogP contribution is -2.05. The third kappa shape index (κ3) is 3.34. The van der Waals surface area contributed by atoms with Crippen molar-refractivity contribution < 1.29 is 4.74 Å². The van der Waals surface area contributed by atoms with Crippen LogP contribution in [0.2, 0.25) is 0 Å². The second kappa shape index (κ2) is 6.99. The number of fused-ring (bicyclic) bond motifs is 1. The average Bonchev–Trinajstić information content (AvgIpc) is 2.90. The molecule has 0 amide bonds. The van der Waals surface area contributed by atoms with Gasteiger partial charge in [-0.25, -0.2) is 4.98 Å². The quantitative estimate of drug-likeness (QED) is 0.636. The first kappa shape index (κ1) is 15.1. The van der Waals surface area contributed by atoms with E-state index in [2.05, 4.69) is 54.0 Å². The van der Waals surface area contributed by atoms with E-state index in [9.17, 15) is 0 Å². The van der Waals surface area contributed by atoms with Crippen molar-refractivity contribution in [1.29, 1.82) is 0 Å². The predicted molar refractivity (Wildman–Crippen MR) is 92.3 cm³/mol. The van der Waals surface area contributed by atoms with Gasteiger partial charge in [-0.1, -0.05) is 53.7 Å². The molecule has 0 fully saturated rings. The summed E-state index contributed by atoms with van der Waals surface area (Å²) < 4.78 is 7.48. The van der Waals surface area contributed by atoms with Crippen molar-refractivity contribution in [2.75, 3.05) is 13.7 Å². The number of nitrogens with zero attached hydrogens (tertiary/aromatic N) is 2. The van der Waals surface area contributed by atoms with Crippen LogP contribution in [0.1, 0.15) is 11.1 Å². The van der Waals surface area contributed by atoms with Gasteiger partial charge in [0.15, 0.2) is 5.16 Å². The zero-order valence-electron chi connectivity index (χ0n) is 13.0. The van der Waals surface area contributed by atoms with Crippen LogP contribution in [-0.2, 0) is 17.0 Å². The number of ether oxygens (including phenoxy) is 1. The molecule has 3 rings (SSSR count). The van der Waals surface area contributed by atoms with E-state index in [4.69, 9.17) is 9.72 Å². The van der Waals surface area contributed by atoms with Crippen LogP contribution in [0.25, 0.3) is 11.0 Å². The fraction of sp³-hybridized carbons (Fsp3) is 0.278. The van der Waals surface area contributed by atoms with Crippen LogP contribution in [0, 0.1) is 6.92 Å². The standard InChI is InChI=1S/C18H20N2OS/c1-14-7-9-15(10-8-14)13-22-18-19-16-5-3-4-6-17(16)20(18)11-12-21-2/h3-10H,11-13H2,1-2H3. The van der Waals surface area contributed by atoms with Gasteiger partial charge in [0.2, 0.25) is 0 Å². The molecule has 114 valence electrons. The SMILES string of the molecule is COCCn1c(SCc2ccc(C)cc2)nc2ccccc21. The minimum absolute atomic E-state index is 0.693. The zero-order valence-corrected chi connectivity index (χ0v) is 13.8. The molecule has 0 atom stereocenters. The van der Waals surface area contributed by atoms with E-state index in [0.29, 0.717) is 6.61 Å². The molecule has 0 saturated heterocycles. The summed E-state index contributed by atoms with van der Waals surface area (Å²) >= 11 is 1.78. The lowest BCUT2D eigenvalue weighted by Gasteiger charge is -2.08. The van der Waals surface area contributed by atoms with Gasteiger partial charge in [0.25, 0.3) is 0 Å². The number of para-hydroxylation sites is 2. The molecule has 0 aliphatic rings. The number of methoxy groups -OCH3 is 1. The molecule has 0 aliphatic heterocycles. The van der Waals surface area contributed by atoms with Crippen LogP contribution in [-0.4, -0.2) is 23.3 Å². The summed E-state index contributed by atoms with van der Waals surface area (Å²) in [6, 6.07) is 17.0. The average molecular weight is 312 g/mol. The van der Waals surface area contributed by atoms with Crippen molar-refractivity contribution in [1.82, 2.24) is 9.55 Å². The van der Waals surface area contributed by atoms with Crippen molar-refractivity contribution in [3.8, 4) is 0 Å². The molecule has 3 aromatic rings. The van der Waals surface area contributed by atoms with Crippen LogP contribution in [0.15, 0.2) is 53.7 Å². The van der Waals surface area contributed by atoms with E-state index in [1.165, 1.54) is 16.6 Å². The maximum atomic E-state index is 5.24. The van der Waals surface area contributed by atoms with Gasteiger partial charge < -0.3 is 9.30 Å². The molecule has 0 unspecified atom stereocenters. The fourth-order valence-electron chi connectivity index (χ4n) is 2.39. The van der Waals surface area contributed by atoms with Crippen LogP contribution >= 0.6 is 11.8 Å². The summed E-state index contributed by atoms with van der Waals surface area (Å²) in [5, 5.41) is 1.05. The molecule has 22 heavy (non-hydrogen) atoms. The molecule has 0 N–H and O–H groups in total. The Labute approximate surface area is 135 Å². The molecule has 2 aromatic carbocycles. The van der Waals surface area contributed by atoms with E-state index in [-0.39, 0.29) is 0 Å². The number of aromatic nitrogens is 2. The van der Waals surface area contributed by atoms with Gasteiger partial charge in [0, 0.05) is 19.4 Å². The molecule has 0 spiro atoms. The van der Waals surface area contributed by atoms with Crippen LogP contribution in [0.4, 0.5) is 0 Å². The Morgan fingerprint density at radius 2 is 1.86 bits per heavy atom. The molecule has 1 aromatic heterocycles. The van der Waals surface area contributed by atoms with Gasteiger partial charge in [-0.05, 0) is 24.6 Å². The molecule has 4 heteroatoms. The lowest BCUT2D eigenvalue weighted by molar-refractivity contribution is 0.186. The smallest absolute Gasteiger partial charge is 0.169 e. The number of aryl methyl sites for hydroxylation is 1. The summed E-state index contributed by atoms with van der Waals surface area (Å²) in [6.45, 7) is 3.63. The first-order valence-electron chi connectivity index (χ1n) is 7.40. The van der Waals surface area contributed by atoms with Gasteiger partial charge in [-0.15, -0.1) is 0 Å². The number of imidazole rings is 1. The first-order chi connectivity index (χ1) is 10.8. The fourth-order valence-corrected chi connectivity index (χ4v) is 3.39. The monoisotopic (exact) mass is 312 g/mol. The molecule has 1 heterocycles. The van der Waals surface area contributed by atoms with E-state index in [1.807, 2.05) is 6.07 Å². The van der Waals surface area contributed by atoms with Crippen molar-refractivity contribution in [3.63, 3.8) is 0 Å². The van der Waals surface area contributed by atoms with E-state index in [0.717, 1.165) is 23.0 Å². The molecule has 0 saturated carbocycles. The number of thioether (sulfide) groups is 1. The highest BCUT2D eigenvalue weighted by Gasteiger charge is 2.10. The molecular weight excluding hydrogens is 292 g/mol. The van der Waals surface area contributed by atoms with Gasteiger partial charge in [0.1, 0.15) is 0 Å². The minimum Gasteiger partial charge on any atom is -0.383 e. The van der Waals surface area contributed by atoms with Crippen molar-refractivity contribution >= 4 is 22.8 Å². The summed E-state index contributed by atoms with van der Waals surface area (Å²) in [5.41, 5.74) is 4.83. The highest BCUT2D eigenvalue weighted by atomic mass is 32.2. The lowest BCUT2D eigenvalue weighted by atomic mass is 10.2. The number of rotatable bonds is 6. The molecular formula is C18H20N2OS. The van der Waals surface area contributed by atoms with Gasteiger partial charge in [0.05, 0.1) is 17.6 Å². The van der Waals surface area contributed by atoms with Gasteiger partial charge in [-0.2, -0.15) is 0 Å². The van der Waals surface area contributed by atoms with E-state index in [1.54, 1.807) is 18.9 Å². The minimum atomic E-state index is 0.693. The van der Waals surface area contributed by atoms with Gasteiger partial charge >= 0.3 is 0 Å². The summed E-state index contributed by atoms with van der Waals surface area (Å²) in [5.74, 6) is 0.927. The van der Waals surface area contributed by atoms with Crippen molar-refractivity contribution in [2.45, 2.75) is 24.4 Å². The summed E-state index contributed by atoms with van der Waals surface area (Å²) in [6.07, 6.45) is 0. The topological polar surface area (TPSA) is 27.1 Å². The summed E-state index contributed by atoms with van der Waals surface area (Å²) in [7, 11) is 1.73. The Kier molecular flexibility index (Phi) is 4.80. The number of hydrogen-bond donors (Lipinski definition) is 0. The molecule has 0 aliphatic carbocycles. The van der Waals surface area contributed by atoms with Crippen LogP contribution in [0.3, 0.4) is 0 Å². The maximum Gasteiger partial charge on any atom is 0.169 e. The largest absolute Gasteiger partial charge is 0.383 e. The van der Waals surface area contributed by atoms with E-state index >= 15 is 0 Å². The molecule has 0 radical (unpaired) electrons. The highest BCUT2D eigenvalue weighted by Crippen LogP contribution is 2.26. The molecule has 3 nitrogen and oxygen atoms in total. The van der Waals surface area contributed by atoms with Crippen LogP contribution in [0.5, 0.6) is 0 Å². The Hall–Kier alpha value is -1.78. The number of benzene rings is 2. The Morgan fingerprint density at radius 1 is 1.09 bits per heavy atom. The predicted octanol–water partition coefficient (Wildman–Crippen LogP) is 4.28. The maximum absolute atomic E-state index is 5.24. The second-order valence-corrected chi connectivity index (χ2v) is 6.24. The summed E-state index contributed by atoms with van der Waals surface area (Å²) in [4.78, 5) is 4.77.